The van der Waals surface area contributed by atoms with Crippen LogP contribution in [0.3, 0.4) is 0 Å². The molecule has 0 aliphatic heterocycles. The zero-order valence-corrected chi connectivity index (χ0v) is 48.2. The largest absolute Gasteiger partial charge is 0.308 e. The highest BCUT2D eigenvalue weighted by Crippen LogP contribution is 2.44. The molecular weight excluding hydrogens is 1110 g/mol. The molecule has 0 radical (unpaired) electrons. The van der Waals surface area contributed by atoms with E-state index < -0.39 is 11.6 Å². The van der Waals surface area contributed by atoms with Gasteiger partial charge in [0.25, 0.3) is 0 Å². The molecule has 0 amide bonds. The monoisotopic (exact) mass is 1160 g/mol. The average molecular weight is 1160 g/mol. The summed E-state index contributed by atoms with van der Waals surface area (Å²) >= 11 is 0. The maximum absolute atomic E-state index is 15.9. The van der Waals surface area contributed by atoms with Crippen molar-refractivity contribution in [3.8, 4) is 118 Å². The number of hydrogen-bond acceptors (Lipinski definition) is 5. The SMILES string of the molecule is N#Cc1c(-n2c3cc(-c4ccnc(-c5ccccc5)c4)ccc3c3ccc(-c4ccnc(-c5ccccc5)c4)cc32)cc(-c2cc(F)cc(F)c2)cc1-n1c2cc(-c3ccnc(-c4ccccc4)c3)ccc2c2ccc(-c3ccnc(-c4ccccc4)c3)cc21. The van der Waals surface area contributed by atoms with Gasteiger partial charge in [-0.25, -0.2) is 8.78 Å². The molecular formula is C81H49F2N7. The summed E-state index contributed by atoms with van der Waals surface area (Å²) in [6.45, 7) is 0. The molecule has 0 saturated heterocycles. The number of nitriles is 1. The number of pyridine rings is 4. The normalized spacial score (nSPS) is 11.4. The van der Waals surface area contributed by atoms with Crippen molar-refractivity contribution in [2.45, 2.75) is 0 Å². The Morgan fingerprint density at radius 1 is 0.256 bits per heavy atom. The van der Waals surface area contributed by atoms with Crippen molar-refractivity contribution in [3.05, 3.63) is 315 Å². The Hall–Kier alpha value is -12.3. The van der Waals surface area contributed by atoms with Crippen molar-refractivity contribution in [2.75, 3.05) is 0 Å². The molecule has 6 heterocycles. The van der Waals surface area contributed by atoms with E-state index in [9.17, 15) is 5.26 Å². The molecule has 10 aromatic carbocycles. The fraction of sp³-hybridized carbons (Fsp3) is 0. The minimum Gasteiger partial charge on any atom is -0.308 e. The first-order chi connectivity index (χ1) is 44.3. The summed E-state index contributed by atoms with van der Waals surface area (Å²) in [6, 6.07) is 92.8. The Morgan fingerprint density at radius 3 is 0.800 bits per heavy atom. The topological polar surface area (TPSA) is 85.2 Å². The zero-order valence-electron chi connectivity index (χ0n) is 48.2. The highest BCUT2D eigenvalue weighted by atomic mass is 19.1. The second kappa shape index (κ2) is 22.2. The van der Waals surface area contributed by atoms with Gasteiger partial charge < -0.3 is 9.13 Å². The zero-order chi connectivity index (χ0) is 60.2. The van der Waals surface area contributed by atoms with Crippen molar-refractivity contribution in [3.63, 3.8) is 0 Å². The number of rotatable bonds is 11. The third kappa shape index (κ3) is 9.62. The first kappa shape index (κ1) is 53.2. The molecule has 0 saturated carbocycles. The Kier molecular flexibility index (Phi) is 13.2. The van der Waals surface area contributed by atoms with Crippen LogP contribution >= 0.6 is 0 Å². The summed E-state index contributed by atoms with van der Waals surface area (Å²) in [7, 11) is 0. The minimum atomic E-state index is -0.728. The van der Waals surface area contributed by atoms with Crippen molar-refractivity contribution in [1.82, 2.24) is 29.1 Å². The average Bonchev–Trinajstić information content (AvgIpc) is 2.01. The van der Waals surface area contributed by atoms with E-state index in [-0.39, 0.29) is 0 Å². The highest BCUT2D eigenvalue weighted by Gasteiger charge is 2.25. The van der Waals surface area contributed by atoms with Crippen molar-refractivity contribution >= 4 is 43.6 Å². The maximum Gasteiger partial charge on any atom is 0.126 e. The summed E-state index contributed by atoms with van der Waals surface area (Å²) in [5.74, 6) is -1.46. The van der Waals surface area contributed by atoms with Gasteiger partial charge >= 0.3 is 0 Å². The summed E-state index contributed by atoms with van der Waals surface area (Å²) in [5.41, 5.74) is 20.2. The Balaban J connectivity index is 0.997. The maximum atomic E-state index is 15.9. The van der Waals surface area contributed by atoms with Gasteiger partial charge in [-0.2, -0.15) is 5.26 Å². The lowest BCUT2D eigenvalue weighted by Crippen LogP contribution is -2.06. The van der Waals surface area contributed by atoms with Crippen LogP contribution in [0, 0.1) is 23.0 Å². The fourth-order valence-corrected chi connectivity index (χ4v) is 12.7. The molecule has 90 heavy (non-hydrogen) atoms. The molecule has 0 aliphatic rings. The molecule has 0 fully saturated rings. The van der Waals surface area contributed by atoms with E-state index in [4.69, 9.17) is 19.9 Å². The van der Waals surface area contributed by atoms with E-state index in [1.807, 2.05) is 134 Å². The third-order valence-corrected chi connectivity index (χ3v) is 17.1. The van der Waals surface area contributed by atoms with Gasteiger partial charge in [-0.15, -0.1) is 0 Å². The van der Waals surface area contributed by atoms with Crippen LogP contribution in [-0.2, 0) is 0 Å². The predicted molar refractivity (Wildman–Crippen MR) is 360 cm³/mol. The first-order valence-electron chi connectivity index (χ1n) is 29.6. The van der Waals surface area contributed by atoms with Crippen LogP contribution in [0.15, 0.2) is 298 Å². The van der Waals surface area contributed by atoms with Gasteiger partial charge in [0.05, 0.1) is 56.2 Å². The van der Waals surface area contributed by atoms with Gasteiger partial charge in [0, 0.05) is 74.7 Å². The molecule has 0 N–H and O–H groups in total. The third-order valence-electron chi connectivity index (χ3n) is 17.1. The molecule has 0 atom stereocenters. The molecule has 422 valence electrons. The fourth-order valence-electron chi connectivity index (χ4n) is 12.7. The Labute approximate surface area is 517 Å². The van der Waals surface area contributed by atoms with Gasteiger partial charge in [-0.3, -0.25) is 19.9 Å². The second-order valence-electron chi connectivity index (χ2n) is 22.4. The lowest BCUT2D eigenvalue weighted by Gasteiger charge is -2.19. The molecule has 0 bridgehead atoms. The van der Waals surface area contributed by atoms with E-state index in [2.05, 4.69) is 161 Å². The highest BCUT2D eigenvalue weighted by molar-refractivity contribution is 6.13. The van der Waals surface area contributed by atoms with Crippen LogP contribution in [0.1, 0.15) is 5.56 Å². The number of hydrogen-bond donors (Lipinski definition) is 0. The Morgan fingerprint density at radius 2 is 0.522 bits per heavy atom. The van der Waals surface area contributed by atoms with Crippen LogP contribution in [0.5, 0.6) is 0 Å². The van der Waals surface area contributed by atoms with Gasteiger partial charge in [0.15, 0.2) is 0 Å². The number of fused-ring (bicyclic) bond motifs is 6. The molecule has 16 aromatic rings. The van der Waals surface area contributed by atoms with Crippen molar-refractivity contribution < 1.29 is 8.78 Å². The molecule has 6 aromatic heterocycles. The molecule has 9 heteroatoms. The minimum absolute atomic E-state index is 0.301. The smallest absolute Gasteiger partial charge is 0.126 e. The summed E-state index contributed by atoms with van der Waals surface area (Å²) in [6.07, 6.45) is 7.33. The van der Waals surface area contributed by atoms with Gasteiger partial charge in [0.1, 0.15) is 23.3 Å². The second-order valence-corrected chi connectivity index (χ2v) is 22.4. The molecule has 0 spiro atoms. The lowest BCUT2D eigenvalue weighted by atomic mass is 9.99. The van der Waals surface area contributed by atoms with Crippen LogP contribution in [-0.4, -0.2) is 29.1 Å². The number of aromatic nitrogens is 6. The van der Waals surface area contributed by atoms with E-state index in [0.717, 1.165) is 139 Å². The predicted octanol–water partition coefficient (Wildman–Crippen LogP) is 20.6. The molecule has 0 unspecified atom stereocenters. The van der Waals surface area contributed by atoms with Crippen molar-refractivity contribution in [2.24, 2.45) is 0 Å². The van der Waals surface area contributed by atoms with Gasteiger partial charge in [0.2, 0.25) is 0 Å². The number of nitrogens with zero attached hydrogens (tertiary/aromatic N) is 7. The lowest BCUT2D eigenvalue weighted by molar-refractivity contribution is 0.584. The van der Waals surface area contributed by atoms with Crippen molar-refractivity contribution in [1.29, 1.82) is 5.26 Å². The van der Waals surface area contributed by atoms with Crippen LogP contribution in [0.25, 0.3) is 156 Å². The Bertz CT molecular complexity index is 4910. The molecule has 16 rings (SSSR count). The summed E-state index contributed by atoms with van der Waals surface area (Å²) in [4.78, 5) is 19.1. The number of benzene rings is 10. The summed E-state index contributed by atoms with van der Waals surface area (Å²) in [5, 5.41) is 16.1. The van der Waals surface area contributed by atoms with E-state index in [1.165, 1.54) is 12.1 Å². The molecule has 0 aliphatic carbocycles. The van der Waals surface area contributed by atoms with Crippen LogP contribution in [0.4, 0.5) is 8.78 Å². The van der Waals surface area contributed by atoms with E-state index in [0.29, 0.717) is 28.1 Å². The van der Waals surface area contributed by atoms with Crippen LogP contribution in [0.2, 0.25) is 0 Å². The van der Waals surface area contributed by atoms with Gasteiger partial charge in [-0.05, 0) is 153 Å². The van der Waals surface area contributed by atoms with Gasteiger partial charge in [-0.1, -0.05) is 170 Å². The van der Waals surface area contributed by atoms with E-state index in [1.54, 1.807) is 0 Å². The quantitative estimate of drug-likeness (QED) is 0.129. The standard InChI is InChI=1S/C81H49F2N7/c82-65-37-63(38-66(83)49-65)64-47-80(89-76-43-55(59-29-33-85-72(39-59)51-13-5-1-6-14-51)21-25-67(76)68-26-22-56(44-77(68)89)60-30-34-86-73(40-60)52-15-7-2-8-16-52)71(50-84)81(48-64)90-78-45-57(61-31-35-87-74(41-61)53-17-9-3-10-18-53)23-27-69(78)70-28-24-58(46-79(70)90)62-32-36-88-75(42-62)54-19-11-4-12-20-54/h1-49H. The number of halogens is 2. The molecule has 7 nitrogen and oxygen atoms in total. The summed E-state index contributed by atoms with van der Waals surface area (Å²) < 4.78 is 36.1. The van der Waals surface area contributed by atoms with Crippen LogP contribution < -0.4 is 0 Å². The first-order valence-corrected chi connectivity index (χ1v) is 29.6. The van der Waals surface area contributed by atoms with E-state index >= 15 is 8.78 Å².